The van der Waals surface area contributed by atoms with Crippen molar-refractivity contribution >= 4 is 22.4 Å². The van der Waals surface area contributed by atoms with Crippen molar-refractivity contribution in [2.24, 2.45) is 11.1 Å². The molecule has 1 saturated carbocycles. The largest absolute Gasteiger partial charge is 0.489 e. The van der Waals surface area contributed by atoms with Crippen molar-refractivity contribution in [1.82, 2.24) is 4.98 Å². The number of benzene rings is 1. The molecule has 0 radical (unpaired) electrons. The van der Waals surface area contributed by atoms with Crippen molar-refractivity contribution in [3.63, 3.8) is 0 Å². The number of nitrogens with two attached hydrogens (primary N) is 1. The van der Waals surface area contributed by atoms with Gasteiger partial charge in [-0.2, -0.15) is 0 Å². The molecule has 0 unspecified atom stereocenters. The number of hydrogen-bond donors (Lipinski definition) is 2. The second-order valence-electron chi connectivity index (χ2n) is 6.97. The summed E-state index contributed by atoms with van der Waals surface area (Å²) in [4.78, 5) is 14.5. The molecule has 1 heterocycles. The van der Waals surface area contributed by atoms with Gasteiger partial charge in [0.15, 0.2) is 0 Å². The summed E-state index contributed by atoms with van der Waals surface area (Å²) >= 11 is 6.30. The molecule has 1 aromatic heterocycles. The highest BCUT2D eigenvalue weighted by Gasteiger charge is 2.39. The summed E-state index contributed by atoms with van der Waals surface area (Å²) in [6.45, 7) is 1.60. The Morgan fingerprint density at radius 3 is 2.80 bits per heavy atom. The fourth-order valence-corrected chi connectivity index (χ4v) is 4.10. The Kier molecular flexibility index (Phi) is 5.35. The molecular formula is C19H24ClFN2O2. The van der Waals surface area contributed by atoms with E-state index in [0.717, 1.165) is 37.5 Å². The molecule has 136 valence electrons. The number of aromatic amines is 1. The lowest BCUT2D eigenvalue weighted by Crippen LogP contribution is -2.46. The van der Waals surface area contributed by atoms with Crippen LogP contribution < -0.4 is 16.0 Å². The van der Waals surface area contributed by atoms with Crippen LogP contribution in [0.4, 0.5) is 4.39 Å². The smallest absolute Gasteiger partial charge is 0.255 e. The summed E-state index contributed by atoms with van der Waals surface area (Å²) in [6, 6.07) is 4.86. The van der Waals surface area contributed by atoms with Gasteiger partial charge in [-0.15, -0.1) is 0 Å². The Hall–Kier alpha value is -1.59. The zero-order chi connectivity index (χ0) is 18.0. The number of hydrogen-bond acceptors (Lipinski definition) is 3. The number of rotatable bonds is 5. The highest BCUT2D eigenvalue weighted by molar-refractivity contribution is 6.32. The van der Waals surface area contributed by atoms with E-state index in [4.69, 9.17) is 22.1 Å². The number of pyridine rings is 1. The molecule has 1 fully saturated rings. The first-order valence-electron chi connectivity index (χ1n) is 8.78. The number of fused-ring (bicyclic) bond motifs is 1. The van der Waals surface area contributed by atoms with Gasteiger partial charge in [-0.3, -0.25) is 4.79 Å². The molecule has 0 saturated heterocycles. The van der Waals surface area contributed by atoms with Gasteiger partial charge < -0.3 is 15.5 Å². The van der Waals surface area contributed by atoms with Crippen molar-refractivity contribution in [1.29, 1.82) is 0 Å². The van der Waals surface area contributed by atoms with Crippen LogP contribution in [0, 0.1) is 5.41 Å². The Balaban J connectivity index is 1.75. The fourth-order valence-electron chi connectivity index (χ4n) is 3.89. The Labute approximate surface area is 151 Å². The van der Waals surface area contributed by atoms with E-state index in [1.54, 1.807) is 12.3 Å². The summed E-state index contributed by atoms with van der Waals surface area (Å²) in [5.41, 5.74) is 5.72. The van der Waals surface area contributed by atoms with Crippen LogP contribution in [0.3, 0.4) is 0 Å². The summed E-state index contributed by atoms with van der Waals surface area (Å²) < 4.78 is 19.2. The van der Waals surface area contributed by atoms with Crippen LogP contribution in [0.25, 0.3) is 10.8 Å². The maximum Gasteiger partial charge on any atom is 0.255 e. The molecule has 0 spiro atoms. The highest BCUT2D eigenvalue weighted by atomic mass is 35.5. The SMILES string of the molecule is CC[C@]1([C@H](N)CF)CC[C@H](Oc2cc3cc[nH]c(=O)c3cc2Cl)CC1. The number of aromatic nitrogens is 1. The van der Waals surface area contributed by atoms with Crippen molar-refractivity contribution in [2.75, 3.05) is 6.67 Å². The molecule has 4 nitrogen and oxygen atoms in total. The minimum atomic E-state index is -0.482. The second kappa shape index (κ2) is 7.34. The van der Waals surface area contributed by atoms with Crippen LogP contribution in [0.5, 0.6) is 5.75 Å². The zero-order valence-electron chi connectivity index (χ0n) is 14.4. The van der Waals surface area contributed by atoms with E-state index in [-0.39, 0.29) is 17.1 Å². The van der Waals surface area contributed by atoms with Gasteiger partial charge in [-0.05, 0) is 61.1 Å². The van der Waals surface area contributed by atoms with Crippen molar-refractivity contribution < 1.29 is 9.13 Å². The van der Waals surface area contributed by atoms with Crippen LogP contribution in [0.15, 0.2) is 29.2 Å². The molecule has 3 rings (SSSR count). The molecule has 0 aliphatic heterocycles. The van der Waals surface area contributed by atoms with Crippen LogP contribution in [-0.4, -0.2) is 23.8 Å². The molecular weight excluding hydrogens is 343 g/mol. The van der Waals surface area contributed by atoms with E-state index < -0.39 is 12.7 Å². The maximum atomic E-state index is 13.1. The topological polar surface area (TPSA) is 68.1 Å². The van der Waals surface area contributed by atoms with Gasteiger partial charge in [0.05, 0.1) is 11.1 Å². The molecule has 6 heteroatoms. The lowest BCUT2D eigenvalue weighted by atomic mass is 9.67. The minimum absolute atomic E-state index is 0.0310. The standard InChI is InChI=1S/C19H24ClFN2O2/c1-2-19(17(22)11-21)6-3-13(4-7-19)25-16-9-12-5-8-23-18(24)14(12)10-15(16)20/h5,8-10,13,17H,2-4,6-7,11,22H2,1H3,(H,23,24)/t13-,17-,19-/m1/s1. The van der Waals surface area contributed by atoms with Gasteiger partial charge in [0, 0.05) is 17.6 Å². The molecule has 0 amide bonds. The quantitative estimate of drug-likeness (QED) is 0.833. The van der Waals surface area contributed by atoms with Gasteiger partial charge in [-0.1, -0.05) is 18.5 Å². The van der Waals surface area contributed by atoms with E-state index in [2.05, 4.69) is 11.9 Å². The van der Waals surface area contributed by atoms with Crippen molar-refractivity contribution in [3.05, 3.63) is 39.8 Å². The third-order valence-electron chi connectivity index (χ3n) is 5.70. The van der Waals surface area contributed by atoms with Crippen LogP contribution in [-0.2, 0) is 0 Å². The number of nitrogens with one attached hydrogen (secondary N) is 1. The predicted molar refractivity (Wildman–Crippen MR) is 99.1 cm³/mol. The first-order valence-corrected chi connectivity index (χ1v) is 9.16. The Bertz CT molecular complexity index is 800. The average Bonchev–Trinajstić information content (AvgIpc) is 2.63. The maximum absolute atomic E-state index is 13.1. The van der Waals surface area contributed by atoms with Crippen LogP contribution in [0.1, 0.15) is 39.0 Å². The van der Waals surface area contributed by atoms with Crippen LogP contribution >= 0.6 is 11.6 Å². The van der Waals surface area contributed by atoms with Gasteiger partial charge in [0.2, 0.25) is 0 Å². The average molecular weight is 367 g/mol. The van der Waals surface area contributed by atoms with Crippen molar-refractivity contribution in [3.8, 4) is 5.75 Å². The van der Waals surface area contributed by atoms with E-state index in [1.807, 2.05) is 12.1 Å². The third kappa shape index (κ3) is 3.53. The molecule has 3 N–H and O–H groups in total. The summed E-state index contributed by atoms with van der Waals surface area (Å²) in [6.07, 6.45) is 5.87. The summed E-state index contributed by atoms with van der Waals surface area (Å²) in [5.74, 6) is 0.587. The first-order chi connectivity index (χ1) is 12.0. The molecule has 1 atom stereocenters. The van der Waals surface area contributed by atoms with Gasteiger partial charge in [0.25, 0.3) is 5.56 Å². The first kappa shape index (κ1) is 18.2. The zero-order valence-corrected chi connectivity index (χ0v) is 15.1. The third-order valence-corrected chi connectivity index (χ3v) is 6.00. The monoisotopic (exact) mass is 366 g/mol. The summed E-state index contributed by atoms with van der Waals surface area (Å²) in [5, 5.41) is 1.76. The van der Waals surface area contributed by atoms with E-state index in [0.29, 0.717) is 16.2 Å². The minimum Gasteiger partial charge on any atom is -0.489 e. The predicted octanol–water partition coefficient (Wildman–Crippen LogP) is 4.20. The van der Waals surface area contributed by atoms with E-state index >= 15 is 0 Å². The van der Waals surface area contributed by atoms with Gasteiger partial charge >= 0.3 is 0 Å². The Morgan fingerprint density at radius 1 is 1.44 bits per heavy atom. The lowest BCUT2D eigenvalue weighted by Gasteiger charge is -2.42. The molecule has 0 bridgehead atoms. The van der Waals surface area contributed by atoms with E-state index in [1.165, 1.54) is 0 Å². The van der Waals surface area contributed by atoms with E-state index in [9.17, 15) is 9.18 Å². The lowest BCUT2D eigenvalue weighted by molar-refractivity contribution is 0.0513. The van der Waals surface area contributed by atoms with Crippen molar-refractivity contribution in [2.45, 2.75) is 51.2 Å². The summed E-state index contributed by atoms with van der Waals surface area (Å²) in [7, 11) is 0. The molecule has 1 aliphatic rings. The number of H-pyrrole nitrogens is 1. The number of halogens is 2. The highest BCUT2D eigenvalue weighted by Crippen LogP contribution is 2.43. The molecule has 1 aromatic carbocycles. The second-order valence-corrected chi connectivity index (χ2v) is 7.38. The normalized spacial score (nSPS) is 25.0. The fraction of sp³-hybridized carbons (Fsp3) is 0.526. The Morgan fingerprint density at radius 2 is 2.16 bits per heavy atom. The van der Waals surface area contributed by atoms with Gasteiger partial charge in [-0.25, -0.2) is 4.39 Å². The number of ether oxygens (including phenoxy) is 1. The number of alkyl halides is 1. The molecule has 1 aliphatic carbocycles. The molecule has 25 heavy (non-hydrogen) atoms. The van der Waals surface area contributed by atoms with Crippen LogP contribution in [0.2, 0.25) is 5.02 Å². The van der Waals surface area contributed by atoms with Gasteiger partial charge in [0.1, 0.15) is 12.4 Å². The molecule has 2 aromatic rings.